The molecule has 2 aliphatic rings. The van der Waals surface area contributed by atoms with Crippen LogP contribution in [0.2, 0.25) is 10.0 Å². The maximum Gasteiger partial charge on any atom is 0.245 e. The van der Waals surface area contributed by atoms with Crippen LogP contribution in [0.1, 0.15) is 30.9 Å². The normalized spacial score (nSPS) is 20.4. The lowest BCUT2D eigenvalue weighted by Gasteiger charge is -2.25. The molecular weight excluding hydrogens is 409 g/mol. The van der Waals surface area contributed by atoms with E-state index in [2.05, 4.69) is 0 Å². The molecule has 0 spiro atoms. The maximum atomic E-state index is 13.3. The molecule has 0 radical (unpaired) electrons. The Morgan fingerprint density at radius 1 is 0.963 bits per heavy atom. The highest BCUT2D eigenvalue weighted by molar-refractivity contribution is 7.89. The highest BCUT2D eigenvalue weighted by Crippen LogP contribution is 2.41. The number of sulfonamides is 1. The monoisotopic (exact) mass is 427 g/mol. The topological polar surface area (TPSA) is 55.8 Å². The maximum absolute atomic E-state index is 13.3. The second kappa shape index (κ2) is 7.51. The van der Waals surface area contributed by atoms with Crippen molar-refractivity contribution in [2.45, 2.75) is 30.2 Å². The van der Waals surface area contributed by atoms with Crippen LogP contribution < -0.4 is 9.47 Å². The number of nitrogens with zero attached hydrogens (tertiary/aromatic N) is 1. The third kappa shape index (κ3) is 3.63. The van der Waals surface area contributed by atoms with E-state index in [1.807, 2.05) is 18.2 Å². The molecule has 2 aliphatic heterocycles. The average molecular weight is 428 g/mol. The van der Waals surface area contributed by atoms with Gasteiger partial charge < -0.3 is 9.47 Å². The van der Waals surface area contributed by atoms with Crippen LogP contribution in [-0.2, 0) is 10.0 Å². The number of rotatable bonds is 3. The predicted octanol–water partition coefficient (Wildman–Crippen LogP) is 4.68. The third-order valence-corrected chi connectivity index (χ3v) is 7.46. The Morgan fingerprint density at radius 3 is 2.56 bits per heavy atom. The van der Waals surface area contributed by atoms with E-state index in [9.17, 15) is 8.42 Å². The number of hydrogen-bond donors (Lipinski definition) is 0. The second-order valence-corrected chi connectivity index (χ2v) is 9.31. The van der Waals surface area contributed by atoms with Gasteiger partial charge in [-0.1, -0.05) is 29.3 Å². The van der Waals surface area contributed by atoms with Gasteiger partial charge >= 0.3 is 0 Å². The summed E-state index contributed by atoms with van der Waals surface area (Å²) in [6.07, 6.45) is 2.33. The number of halogens is 2. The van der Waals surface area contributed by atoms with Crippen LogP contribution in [0.15, 0.2) is 41.3 Å². The molecule has 1 atom stereocenters. The number of hydrogen-bond acceptors (Lipinski definition) is 4. The standard InChI is InChI=1S/C19H19Cl2NO4S/c20-14-5-6-15(21)19(12-14)27(23,24)22-8-1-3-16(22)13-4-7-17-18(11-13)26-10-2-9-25-17/h4-7,11-12,16H,1-3,8-10H2. The predicted molar refractivity (Wildman–Crippen MR) is 104 cm³/mol. The van der Waals surface area contributed by atoms with Crippen LogP contribution in [0.4, 0.5) is 0 Å². The highest BCUT2D eigenvalue weighted by atomic mass is 35.5. The Kier molecular flexibility index (Phi) is 5.25. The molecule has 0 aliphatic carbocycles. The first-order valence-electron chi connectivity index (χ1n) is 8.83. The lowest BCUT2D eigenvalue weighted by atomic mass is 10.0. The molecular formula is C19H19Cl2NO4S. The molecule has 0 N–H and O–H groups in total. The number of fused-ring (bicyclic) bond motifs is 1. The molecule has 144 valence electrons. The van der Waals surface area contributed by atoms with Crippen molar-refractivity contribution in [3.63, 3.8) is 0 Å². The van der Waals surface area contributed by atoms with Crippen molar-refractivity contribution in [1.82, 2.24) is 4.31 Å². The van der Waals surface area contributed by atoms with Crippen molar-refractivity contribution in [2.75, 3.05) is 19.8 Å². The van der Waals surface area contributed by atoms with Crippen LogP contribution in [0.3, 0.4) is 0 Å². The molecule has 4 rings (SSSR count). The van der Waals surface area contributed by atoms with E-state index >= 15 is 0 Å². The Hall–Kier alpha value is -1.47. The molecule has 0 aromatic heterocycles. The minimum atomic E-state index is -3.77. The SMILES string of the molecule is O=S(=O)(c1cc(Cl)ccc1Cl)N1CCCC1c1ccc2c(c1)OCCCO2. The first kappa shape index (κ1) is 18.9. The average Bonchev–Trinajstić information content (AvgIpc) is 3.03. The summed E-state index contributed by atoms with van der Waals surface area (Å²) in [6, 6.07) is 9.87. The van der Waals surface area contributed by atoms with Gasteiger partial charge in [0.1, 0.15) is 4.90 Å². The van der Waals surface area contributed by atoms with E-state index in [1.54, 1.807) is 6.07 Å². The van der Waals surface area contributed by atoms with Crippen LogP contribution >= 0.6 is 23.2 Å². The summed E-state index contributed by atoms with van der Waals surface area (Å²) in [7, 11) is -3.77. The quantitative estimate of drug-likeness (QED) is 0.713. The van der Waals surface area contributed by atoms with Gasteiger partial charge in [0.05, 0.1) is 24.3 Å². The van der Waals surface area contributed by atoms with Gasteiger partial charge in [0.25, 0.3) is 0 Å². The van der Waals surface area contributed by atoms with Gasteiger partial charge in [-0.25, -0.2) is 8.42 Å². The molecule has 0 saturated carbocycles. The molecule has 5 nitrogen and oxygen atoms in total. The summed E-state index contributed by atoms with van der Waals surface area (Å²) in [5.41, 5.74) is 0.887. The lowest BCUT2D eigenvalue weighted by Crippen LogP contribution is -2.31. The fourth-order valence-corrected chi connectivity index (χ4v) is 5.97. The van der Waals surface area contributed by atoms with Crippen LogP contribution in [-0.4, -0.2) is 32.5 Å². The molecule has 1 unspecified atom stereocenters. The Balaban J connectivity index is 1.70. The highest BCUT2D eigenvalue weighted by Gasteiger charge is 2.37. The van der Waals surface area contributed by atoms with E-state index in [1.165, 1.54) is 16.4 Å². The zero-order chi connectivity index (χ0) is 19.0. The molecule has 2 aromatic carbocycles. The largest absolute Gasteiger partial charge is 0.490 e. The Bertz CT molecular complexity index is 964. The third-order valence-electron chi connectivity index (χ3n) is 4.84. The zero-order valence-corrected chi connectivity index (χ0v) is 16.9. The van der Waals surface area contributed by atoms with E-state index in [-0.39, 0.29) is 16.0 Å². The fourth-order valence-electron chi connectivity index (χ4n) is 3.55. The van der Waals surface area contributed by atoms with Crippen LogP contribution in [0.25, 0.3) is 0 Å². The zero-order valence-electron chi connectivity index (χ0n) is 14.5. The molecule has 2 aromatic rings. The van der Waals surface area contributed by atoms with Gasteiger partial charge in [0.15, 0.2) is 11.5 Å². The van der Waals surface area contributed by atoms with Crippen LogP contribution in [0, 0.1) is 0 Å². The number of benzene rings is 2. The smallest absolute Gasteiger partial charge is 0.245 e. The minimum Gasteiger partial charge on any atom is -0.490 e. The number of ether oxygens (including phenoxy) is 2. The molecule has 0 amide bonds. The van der Waals surface area contributed by atoms with Crippen molar-refractivity contribution in [3.05, 3.63) is 52.0 Å². The van der Waals surface area contributed by atoms with Gasteiger partial charge in [-0.2, -0.15) is 4.31 Å². The molecule has 8 heteroatoms. The van der Waals surface area contributed by atoms with Gasteiger partial charge in [0.2, 0.25) is 10.0 Å². The van der Waals surface area contributed by atoms with E-state index in [4.69, 9.17) is 32.7 Å². The fraction of sp³-hybridized carbons (Fsp3) is 0.368. The Labute approximate surface area is 168 Å². The molecule has 2 heterocycles. The van der Waals surface area contributed by atoms with E-state index in [0.29, 0.717) is 36.3 Å². The molecule has 27 heavy (non-hydrogen) atoms. The minimum absolute atomic E-state index is 0.0397. The van der Waals surface area contributed by atoms with E-state index < -0.39 is 10.0 Å². The summed E-state index contributed by atoms with van der Waals surface area (Å²) in [6.45, 7) is 1.63. The van der Waals surface area contributed by atoms with Crippen molar-refractivity contribution in [2.24, 2.45) is 0 Å². The first-order chi connectivity index (χ1) is 13.0. The summed E-state index contributed by atoms with van der Waals surface area (Å²) < 4.78 is 39.5. The van der Waals surface area contributed by atoms with Gasteiger partial charge in [-0.3, -0.25) is 0 Å². The van der Waals surface area contributed by atoms with Gasteiger partial charge in [0, 0.05) is 18.0 Å². The summed E-state index contributed by atoms with van der Waals surface area (Å²) in [5, 5.41) is 0.507. The molecule has 1 saturated heterocycles. The van der Waals surface area contributed by atoms with Gasteiger partial charge in [-0.05, 0) is 48.7 Å². The Morgan fingerprint density at radius 2 is 1.74 bits per heavy atom. The van der Waals surface area contributed by atoms with Crippen LogP contribution in [0.5, 0.6) is 11.5 Å². The van der Waals surface area contributed by atoms with Crippen molar-refractivity contribution < 1.29 is 17.9 Å². The van der Waals surface area contributed by atoms with Gasteiger partial charge in [-0.15, -0.1) is 0 Å². The first-order valence-corrected chi connectivity index (χ1v) is 11.0. The van der Waals surface area contributed by atoms with Crippen molar-refractivity contribution in [1.29, 1.82) is 0 Å². The second-order valence-electron chi connectivity index (χ2n) is 6.61. The lowest BCUT2D eigenvalue weighted by molar-refractivity contribution is 0.296. The molecule has 1 fully saturated rings. The van der Waals surface area contributed by atoms with Crippen molar-refractivity contribution >= 4 is 33.2 Å². The summed E-state index contributed by atoms with van der Waals surface area (Å²) >= 11 is 12.2. The van der Waals surface area contributed by atoms with E-state index in [0.717, 1.165) is 24.8 Å². The summed E-state index contributed by atoms with van der Waals surface area (Å²) in [5.74, 6) is 1.36. The molecule has 0 bridgehead atoms. The van der Waals surface area contributed by atoms with Crippen molar-refractivity contribution in [3.8, 4) is 11.5 Å². The summed E-state index contributed by atoms with van der Waals surface area (Å²) in [4.78, 5) is 0.0397.